The van der Waals surface area contributed by atoms with Crippen LogP contribution in [0.1, 0.15) is 76.4 Å². The third kappa shape index (κ3) is 7.01. The summed E-state index contributed by atoms with van der Waals surface area (Å²) in [7, 11) is 1.70. The second kappa shape index (κ2) is 13.5. The second-order valence-electron chi connectivity index (χ2n) is 11.1. The molecule has 1 heterocycles. The topological polar surface area (TPSA) is 93.9 Å². The number of methoxy groups -OCH3 is 1. The van der Waals surface area contributed by atoms with Crippen LogP contribution in [0.4, 0.5) is 11.4 Å². The first-order chi connectivity index (χ1) is 18.0. The minimum atomic E-state index is -0.401. The van der Waals surface area contributed by atoms with E-state index in [-0.39, 0.29) is 29.5 Å². The smallest absolute Gasteiger partial charge is 0.253 e. The first kappa shape index (κ1) is 27.8. The zero-order valence-electron chi connectivity index (χ0n) is 22.6. The maximum atomic E-state index is 12.8. The van der Waals surface area contributed by atoms with E-state index in [0.717, 1.165) is 37.8 Å². The molecule has 0 amide bonds. The van der Waals surface area contributed by atoms with Crippen LogP contribution in [0, 0.1) is 11.8 Å². The highest BCUT2D eigenvalue weighted by Crippen LogP contribution is 2.36. The van der Waals surface area contributed by atoms with Crippen LogP contribution < -0.4 is 26.8 Å². The normalized spacial score (nSPS) is 21.6. The molecule has 4 rings (SSSR count). The summed E-state index contributed by atoms with van der Waals surface area (Å²) in [5.41, 5.74) is 7.76. The number of anilines is 2. The molecular formula is C30H45N3O4. The summed E-state index contributed by atoms with van der Waals surface area (Å²) in [6.07, 6.45) is 9.99. The largest absolute Gasteiger partial charge is 0.385 e. The number of nitrogens with two attached hydrogens (primary N) is 1. The first-order valence-corrected chi connectivity index (χ1v) is 14.3. The molecule has 0 bridgehead atoms. The van der Waals surface area contributed by atoms with Gasteiger partial charge in [0.05, 0.1) is 6.10 Å². The van der Waals surface area contributed by atoms with Crippen molar-refractivity contribution in [3.8, 4) is 0 Å². The Labute approximate surface area is 221 Å². The van der Waals surface area contributed by atoms with Crippen molar-refractivity contribution in [2.24, 2.45) is 17.6 Å². The van der Waals surface area contributed by atoms with E-state index in [2.05, 4.69) is 22.3 Å². The molecule has 2 fully saturated rings. The summed E-state index contributed by atoms with van der Waals surface area (Å²) in [5, 5.41) is 3.45. The molecule has 1 saturated heterocycles. The Morgan fingerprint density at radius 3 is 2.49 bits per heavy atom. The lowest BCUT2D eigenvalue weighted by Crippen LogP contribution is -2.50. The lowest BCUT2D eigenvalue weighted by atomic mass is 9.83. The molecule has 2 aromatic carbocycles. The van der Waals surface area contributed by atoms with Gasteiger partial charge in [0.15, 0.2) is 0 Å². The van der Waals surface area contributed by atoms with Gasteiger partial charge in [-0.25, -0.2) is 0 Å². The zero-order chi connectivity index (χ0) is 26.2. The molecule has 0 spiro atoms. The Kier molecular flexibility index (Phi) is 10.2. The van der Waals surface area contributed by atoms with Gasteiger partial charge in [0.1, 0.15) is 11.4 Å². The van der Waals surface area contributed by atoms with Crippen molar-refractivity contribution in [3.63, 3.8) is 0 Å². The number of hydrogen-bond acceptors (Lipinski definition) is 7. The fourth-order valence-corrected chi connectivity index (χ4v) is 6.21. The molecule has 1 aliphatic heterocycles. The minimum absolute atomic E-state index is 0.00748. The number of piperidine rings is 1. The number of rotatable bonds is 13. The fourth-order valence-electron chi connectivity index (χ4n) is 6.21. The molecule has 4 atom stereocenters. The van der Waals surface area contributed by atoms with E-state index >= 15 is 0 Å². The van der Waals surface area contributed by atoms with Gasteiger partial charge >= 0.3 is 0 Å². The maximum absolute atomic E-state index is 12.8. The number of ether oxygens (including phenoxy) is 2. The van der Waals surface area contributed by atoms with Crippen molar-refractivity contribution in [2.45, 2.75) is 82.9 Å². The summed E-state index contributed by atoms with van der Waals surface area (Å²) in [5.74, 6) is 0.857. The highest BCUT2D eigenvalue weighted by atomic mass is 16.5. The van der Waals surface area contributed by atoms with Crippen LogP contribution in [0.25, 0.3) is 0 Å². The average molecular weight is 512 g/mol. The van der Waals surface area contributed by atoms with Gasteiger partial charge in [0, 0.05) is 51.4 Å². The summed E-state index contributed by atoms with van der Waals surface area (Å²) < 4.78 is 11.6. The predicted molar refractivity (Wildman–Crippen MR) is 150 cm³/mol. The number of nitrogens with one attached hydrogen (secondary N) is 1. The highest BCUT2D eigenvalue weighted by molar-refractivity contribution is 5.75. The van der Waals surface area contributed by atoms with Crippen molar-refractivity contribution in [1.29, 1.82) is 0 Å². The van der Waals surface area contributed by atoms with E-state index < -0.39 is 5.43 Å². The standard InChI is InChI=1S/C30H45N3O4/c1-21(31)25(19-22-11-5-3-6-12-22)32-26-27(29(35)28(26)34)33-16-9-15-24(20-33)30(37-18-10-17-36-2)23-13-7-4-8-14-23/h4,7-8,13-14,21-22,24-25,30,32H,3,5-6,9-12,15-20,31H2,1-2H3/t21?,24-,25?,30+/m1/s1. The first-order valence-electron chi connectivity index (χ1n) is 14.3. The van der Waals surface area contributed by atoms with Gasteiger partial charge in [-0.05, 0) is 44.1 Å². The lowest BCUT2D eigenvalue weighted by Gasteiger charge is -2.39. The fraction of sp³-hybridized carbons (Fsp3) is 0.667. The van der Waals surface area contributed by atoms with Crippen LogP contribution in [0.2, 0.25) is 0 Å². The van der Waals surface area contributed by atoms with Crippen molar-refractivity contribution in [1.82, 2.24) is 0 Å². The third-order valence-electron chi connectivity index (χ3n) is 8.28. The Balaban J connectivity index is 1.48. The summed E-state index contributed by atoms with van der Waals surface area (Å²) >= 11 is 0. The average Bonchev–Trinajstić information content (AvgIpc) is 2.93. The van der Waals surface area contributed by atoms with Crippen LogP contribution in [0.5, 0.6) is 0 Å². The van der Waals surface area contributed by atoms with Gasteiger partial charge < -0.3 is 25.4 Å². The molecule has 2 unspecified atom stereocenters. The number of benzene rings is 1. The van der Waals surface area contributed by atoms with Crippen molar-refractivity contribution >= 4 is 11.4 Å². The minimum Gasteiger partial charge on any atom is -0.385 e. The summed E-state index contributed by atoms with van der Waals surface area (Å²) in [6, 6.07) is 10.2. The molecule has 37 heavy (non-hydrogen) atoms. The molecule has 0 aromatic heterocycles. The number of hydrogen-bond donors (Lipinski definition) is 2. The SMILES string of the molecule is COCCCO[C@@H](c1ccccc1)[C@@H]1CCCN(c2c(NC(CC3CCCCC3)C(C)N)c(=O)c2=O)C1. The molecule has 2 aromatic rings. The molecule has 1 aliphatic carbocycles. The van der Waals surface area contributed by atoms with E-state index in [1.807, 2.05) is 25.1 Å². The van der Waals surface area contributed by atoms with Crippen molar-refractivity contribution < 1.29 is 9.47 Å². The molecule has 7 heteroatoms. The van der Waals surface area contributed by atoms with E-state index in [4.69, 9.17) is 15.2 Å². The van der Waals surface area contributed by atoms with Crippen LogP contribution in [0.3, 0.4) is 0 Å². The van der Waals surface area contributed by atoms with Crippen LogP contribution in [0.15, 0.2) is 39.9 Å². The van der Waals surface area contributed by atoms with Crippen LogP contribution in [-0.4, -0.2) is 45.5 Å². The van der Waals surface area contributed by atoms with Gasteiger partial charge in [0.2, 0.25) is 0 Å². The van der Waals surface area contributed by atoms with Gasteiger partial charge in [-0.1, -0.05) is 62.4 Å². The van der Waals surface area contributed by atoms with E-state index in [0.29, 0.717) is 37.1 Å². The summed E-state index contributed by atoms with van der Waals surface area (Å²) in [4.78, 5) is 27.7. The molecule has 204 valence electrons. The molecule has 7 nitrogen and oxygen atoms in total. The van der Waals surface area contributed by atoms with E-state index in [1.54, 1.807) is 7.11 Å². The molecule has 3 N–H and O–H groups in total. The highest BCUT2D eigenvalue weighted by Gasteiger charge is 2.35. The quantitative estimate of drug-likeness (QED) is 0.304. The number of nitrogens with zero attached hydrogens (tertiary/aromatic N) is 1. The van der Waals surface area contributed by atoms with E-state index in [1.165, 1.54) is 32.1 Å². The van der Waals surface area contributed by atoms with Crippen molar-refractivity contribution in [2.75, 3.05) is 43.6 Å². The van der Waals surface area contributed by atoms with Gasteiger partial charge in [0.25, 0.3) is 10.9 Å². The molecule has 2 aliphatic rings. The van der Waals surface area contributed by atoms with Gasteiger partial charge in [-0.15, -0.1) is 0 Å². The van der Waals surface area contributed by atoms with Crippen LogP contribution in [-0.2, 0) is 9.47 Å². The van der Waals surface area contributed by atoms with Crippen LogP contribution >= 0.6 is 0 Å². The monoisotopic (exact) mass is 511 g/mol. The lowest BCUT2D eigenvalue weighted by molar-refractivity contribution is -0.00235. The zero-order valence-corrected chi connectivity index (χ0v) is 22.6. The Bertz CT molecular complexity index is 1030. The van der Waals surface area contributed by atoms with E-state index in [9.17, 15) is 9.59 Å². The second-order valence-corrected chi connectivity index (χ2v) is 11.1. The third-order valence-corrected chi connectivity index (χ3v) is 8.28. The molecule has 1 saturated carbocycles. The summed E-state index contributed by atoms with van der Waals surface area (Å²) in [6.45, 7) is 4.74. The molecular weight excluding hydrogens is 466 g/mol. The van der Waals surface area contributed by atoms with Gasteiger partial charge in [-0.2, -0.15) is 0 Å². The van der Waals surface area contributed by atoms with Crippen molar-refractivity contribution in [3.05, 3.63) is 56.3 Å². The predicted octanol–water partition coefficient (Wildman–Crippen LogP) is 4.39. The Hall–Kier alpha value is -2.22. The maximum Gasteiger partial charge on any atom is 0.253 e. The Morgan fingerprint density at radius 2 is 1.78 bits per heavy atom. The Morgan fingerprint density at radius 1 is 1.03 bits per heavy atom. The van der Waals surface area contributed by atoms with Gasteiger partial charge in [-0.3, -0.25) is 9.59 Å². The molecule has 0 radical (unpaired) electrons.